The summed E-state index contributed by atoms with van der Waals surface area (Å²) in [6, 6.07) is 7.64. The number of hydrogen-bond donors (Lipinski definition) is 2. The second-order valence-corrected chi connectivity index (χ2v) is 4.27. The number of nitrogens with two attached hydrogens (primary N) is 1. The van der Waals surface area contributed by atoms with Crippen LogP contribution in [0.2, 0.25) is 5.02 Å². The van der Waals surface area contributed by atoms with Crippen molar-refractivity contribution in [3.8, 4) is 0 Å². The molecular weight excluding hydrogens is 242 g/mol. The van der Waals surface area contributed by atoms with Crippen LogP contribution in [0, 0.1) is 4.64 Å². The molecule has 1 aromatic carbocycles. The first-order valence-corrected chi connectivity index (χ1v) is 5.52. The molecule has 5 heteroatoms. The number of aromatic nitrogens is 2. The van der Waals surface area contributed by atoms with Crippen LogP contribution in [0.25, 0.3) is 0 Å². The third-order valence-electron chi connectivity index (χ3n) is 2.20. The topological polar surface area (TPSA) is 54.7 Å². The molecule has 0 fully saturated rings. The van der Waals surface area contributed by atoms with Crippen LogP contribution in [-0.2, 0) is 6.42 Å². The monoisotopic (exact) mass is 251 g/mol. The minimum Gasteiger partial charge on any atom is -0.369 e. The largest absolute Gasteiger partial charge is 0.369 e. The molecule has 0 bridgehead atoms. The molecule has 0 spiro atoms. The summed E-state index contributed by atoms with van der Waals surface area (Å²) in [4.78, 5) is 6.81. The molecule has 3 nitrogen and oxygen atoms in total. The molecule has 82 valence electrons. The number of nitrogens with one attached hydrogen (secondary N) is 1. The van der Waals surface area contributed by atoms with E-state index >= 15 is 0 Å². The molecule has 0 radical (unpaired) electrons. The van der Waals surface area contributed by atoms with Gasteiger partial charge < -0.3 is 10.7 Å². The number of H-pyrrole nitrogens is 1. The summed E-state index contributed by atoms with van der Waals surface area (Å²) in [6.45, 7) is 0. The fourth-order valence-corrected chi connectivity index (χ4v) is 1.74. The van der Waals surface area contributed by atoms with Crippen molar-refractivity contribution in [1.29, 1.82) is 0 Å². The standard InChI is InChI=1S/C11H10ClN3S/c12-9-3-1-7(2-4-9)5-8-6-14-11(13)15-10(8)16/h1-4,6H,5H2,(H3,13,14,15,16). The van der Waals surface area contributed by atoms with Gasteiger partial charge >= 0.3 is 0 Å². The number of hydrogen-bond acceptors (Lipinski definition) is 3. The summed E-state index contributed by atoms with van der Waals surface area (Å²) in [5.41, 5.74) is 7.58. The van der Waals surface area contributed by atoms with Gasteiger partial charge in [0.15, 0.2) is 5.95 Å². The Balaban J connectivity index is 2.27. The van der Waals surface area contributed by atoms with Crippen LogP contribution in [0.5, 0.6) is 0 Å². The minimum atomic E-state index is 0.338. The van der Waals surface area contributed by atoms with E-state index in [9.17, 15) is 0 Å². The quantitative estimate of drug-likeness (QED) is 0.807. The highest BCUT2D eigenvalue weighted by molar-refractivity contribution is 7.71. The predicted molar refractivity (Wildman–Crippen MR) is 68.1 cm³/mol. The molecule has 1 aromatic heterocycles. The third-order valence-corrected chi connectivity index (χ3v) is 2.82. The predicted octanol–water partition coefficient (Wildman–Crippen LogP) is 2.97. The van der Waals surface area contributed by atoms with Crippen LogP contribution in [0.1, 0.15) is 11.1 Å². The number of aromatic amines is 1. The third kappa shape index (κ3) is 2.59. The van der Waals surface area contributed by atoms with Gasteiger partial charge in [-0.15, -0.1) is 0 Å². The van der Waals surface area contributed by atoms with Crippen LogP contribution in [0.4, 0.5) is 5.95 Å². The smallest absolute Gasteiger partial charge is 0.198 e. The molecule has 0 aliphatic carbocycles. The lowest BCUT2D eigenvalue weighted by Crippen LogP contribution is -1.98. The molecule has 0 aliphatic rings. The highest BCUT2D eigenvalue weighted by atomic mass is 35.5. The number of halogens is 1. The van der Waals surface area contributed by atoms with Gasteiger partial charge in [0.2, 0.25) is 0 Å². The maximum absolute atomic E-state index is 5.81. The number of benzene rings is 1. The van der Waals surface area contributed by atoms with Gasteiger partial charge in [-0.25, -0.2) is 4.98 Å². The first-order chi connectivity index (χ1) is 7.65. The Labute approximate surface area is 103 Å². The number of nitrogen functional groups attached to an aromatic ring is 1. The molecule has 0 saturated heterocycles. The number of nitrogens with zero attached hydrogens (tertiary/aromatic N) is 1. The van der Waals surface area contributed by atoms with Gasteiger partial charge in [0.05, 0.1) is 0 Å². The molecule has 2 rings (SSSR count). The van der Waals surface area contributed by atoms with Gasteiger partial charge in [0.25, 0.3) is 0 Å². The number of rotatable bonds is 2. The Hall–Kier alpha value is -1.39. The van der Waals surface area contributed by atoms with Crippen LogP contribution < -0.4 is 5.73 Å². The van der Waals surface area contributed by atoms with Gasteiger partial charge in [-0.2, -0.15) is 0 Å². The summed E-state index contributed by atoms with van der Waals surface area (Å²) < 4.78 is 0.627. The molecular formula is C11H10ClN3S. The first-order valence-electron chi connectivity index (χ1n) is 4.73. The van der Waals surface area contributed by atoms with Crippen molar-refractivity contribution in [2.24, 2.45) is 0 Å². The van der Waals surface area contributed by atoms with Crippen molar-refractivity contribution in [2.75, 3.05) is 5.73 Å². The Morgan fingerprint density at radius 2 is 2.00 bits per heavy atom. The van der Waals surface area contributed by atoms with Gasteiger partial charge in [0, 0.05) is 23.2 Å². The summed E-state index contributed by atoms with van der Waals surface area (Å²) in [5.74, 6) is 0.338. The van der Waals surface area contributed by atoms with Crippen molar-refractivity contribution in [3.05, 3.63) is 51.3 Å². The average Bonchev–Trinajstić information content (AvgIpc) is 2.25. The maximum atomic E-state index is 5.81. The van der Waals surface area contributed by atoms with Crippen molar-refractivity contribution in [2.45, 2.75) is 6.42 Å². The Morgan fingerprint density at radius 1 is 1.31 bits per heavy atom. The van der Waals surface area contributed by atoms with Gasteiger partial charge in [-0.1, -0.05) is 36.0 Å². The van der Waals surface area contributed by atoms with Crippen molar-refractivity contribution < 1.29 is 0 Å². The van der Waals surface area contributed by atoms with Gasteiger partial charge in [-0.3, -0.25) is 0 Å². The van der Waals surface area contributed by atoms with Crippen LogP contribution in [0.15, 0.2) is 30.5 Å². The molecule has 3 N–H and O–H groups in total. The van der Waals surface area contributed by atoms with E-state index in [1.54, 1.807) is 6.20 Å². The molecule has 16 heavy (non-hydrogen) atoms. The van der Waals surface area contributed by atoms with Crippen molar-refractivity contribution in [1.82, 2.24) is 9.97 Å². The highest BCUT2D eigenvalue weighted by Crippen LogP contribution is 2.13. The average molecular weight is 252 g/mol. The highest BCUT2D eigenvalue weighted by Gasteiger charge is 2.00. The fourth-order valence-electron chi connectivity index (χ4n) is 1.38. The summed E-state index contributed by atoms with van der Waals surface area (Å²) >= 11 is 11.0. The summed E-state index contributed by atoms with van der Waals surface area (Å²) in [5, 5.41) is 0.726. The van der Waals surface area contributed by atoms with Gasteiger partial charge in [0.1, 0.15) is 4.64 Å². The van der Waals surface area contributed by atoms with E-state index in [0.717, 1.165) is 22.6 Å². The van der Waals surface area contributed by atoms with E-state index in [2.05, 4.69) is 9.97 Å². The Bertz CT molecular complexity index is 548. The van der Waals surface area contributed by atoms with Crippen molar-refractivity contribution >= 4 is 29.8 Å². The molecule has 0 saturated carbocycles. The second kappa shape index (κ2) is 4.63. The Kier molecular flexibility index (Phi) is 3.22. The van der Waals surface area contributed by atoms with E-state index in [-0.39, 0.29) is 0 Å². The second-order valence-electron chi connectivity index (χ2n) is 3.43. The lowest BCUT2D eigenvalue weighted by Gasteiger charge is -2.02. The molecule has 0 aliphatic heterocycles. The maximum Gasteiger partial charge on any atom is 0.198 e. The molecule has 1 heterocycles. The molecule has 0 amide bonds. The lowest BCUT2D eigenvalue weighted by molar-refractivity contribution is 1.07. The molecule has 0 unspecified atom stereocenters. The number of anilines is 1. The zero-order valence-electron chi connectivity index (χ0n) is 8.40. The molecule has 0 atom stereocenters. The normalized spacial score (nSPS) is 10.3. The zero-order valence-corrected chi connectivity index (χ0v) is 9.98. The van der Waals surface area contributed by atoms with E-state index in [4.69, 9.17) is 29.6 Å². The van der Waals surface area contributed by atoms with Crippen LogP contribution in [0.3, 0.4) is 0 Å². The summed E-state index contributed by atoms with van der Waals surface area (Å²) in [7, 11) is 0. The fraction of sp³-hybridized carbons (Fsp3) is 0.0909. The summed E-state index contributed by atoms with van der Waals surface area (Å²) in [6.07, 6.45) is 2.42. The van der Waals surface area contributed by atoms with E-state index in [1.165, 1.54) is 0 Å². The minimum absolute atomic E-state index is 0.338. The first kappa shape index (κ1) is 11.1. The SMILES string of the molecule is Nc1ncc(Cc2ccc(Cl)cc2)c(=S)[nH]1. The van der Waals surface area contributed by atoms with Crippen LogP contribution >= 0.6 is 23.8 Å². The van der Waals surface area contributed by atoms with E-state index in [0.29, 0.717) is 10.6 Å². The van der Waals surface area contributed by atoms with E-state index < -0.39 is 0 Å². The van der Waals surface area contributed by atoms with Crippen molar-refractivity contribution in [3.63, 3.8) is 0 Å². The molecule has 2 aromatic rings. The van der Waals surface area contributed by atoms with Gasteiger partial charge in [-0.05, 0) is 17.7 Å². The lowest BCUT2D eigenvalue weighted by atomic mass is 10.1. The Morgan fingerprint density at radius 3 is 2.62 bits per heavy atom. The zero-order chi connectivity index (χ0) is 11.5. The van der Waals surface area contributed by atoms with Crippen LogP contribution in [-0.4, -0.2) is 9.97 Å². The van der Waals surface area contributed by atoms with E-state index in [1.807, 2.05) is 24.3 Å².